The highest BCUT2D eigenvalue weighted by Gasteiger charge is 2.10. The van der Waals surface area contributed by atoms with Crippen molar-refractivity contribution < 1.29 is 4.92 Å². The van der Waals surface area contributed by atoms with Crippen LogP contribution in [-0.2, 0) is 6.54 Å². The molecule has 0 radical (unpaired) electrons. The van der Waals surface area contributed by atoms with Gasteiger partial charge in [0.2, 0.25) is 0 Å². The second-order valence-electron chi connectivity index (χ2n) is 3.50. The molecule has 0 saturated heterocycles. The highest BCUT2D eigenvalue weighted by Crippen LogP contribution is 2.31. The Balaban J connectivity index is 2.09. The fraction of sp³-hybridized carbons (Fsp3) is 0.0909. The van der Waals surface area contributed by atoms with Crippen molar-refractivity contribution >= 4 is 45.2 Å². The zero-order valence-electron chi connectivity index (χ0n) is 9.02. The fourth-order valence-corrected chi connectivity index (χ4v) is 2.67. The summed E-state index contributed by atoms with van der Waals surface area (Å²) in [5.74, 6) is 0. The van der Waals surface area contributed by atoms with Crippen LogP contribution in [0.25, 0.3) is 0 Å². The number of hydrogen-bond acceptors (Lipinski definition) is 4. The monoisotopic (exact) mass is 302 g/mol. The fourth-order valence-electron chi connectivity index (χ4n) is 1.41. The lowest BCUT2D eigenvalue weighted by Crippen LogP contribution is -1.99. The van der Waals surface area contributed by atoms with Crippen LogP contribution in [0.3, 0.4) is 0 Å². The van der Waals surface area contributed by atoms with Crippen LogP contribution < -0.4 is 5.32 Å². The molecule has 1 heterocycles. The van der Waals surface area contributed by atoms with Gasteiger partial charge in [-0.15, -0.1) is 0 Å². The molecule has 0 aliphatic carbocycles. The maximum absolute atomic E-state index is 10.6. The number of benzene rings is 1. The molecule has 0 fully saturated rings. The highest BCUT2D eigenvalue weighted by atomic mass is 35.5. The maximum Gasteiger partial charge on any atom is 0.324 e. The van der Waals surface area contributed by atoms with Crippen LogP contribution in [0, 0.1) is 10.1 Å². The molecule has 1 N–H and O–H groups in total. The van der Waals surface area contributed by atoms with Gasteiger partial charge in [0.15, 0.2) is 0 Å². The number of anilines is 1. The van der Waals surface area contributed by atoms with Crippen LogP contribution in [0.5, 0.6) is 0 Å². The van der Waals surface area contributed by atoms with Crippen LogP contribution in [0.4, 0.5) is 10.7 Å². The number of rotatable bonds is 4. The zero-order chi connectivity index (χ0) is 13.1. The minimum Gasteiger partial charge on any atom is -0.379 e. The van der Waals surface area contributed by atoms with E-state index < -0.39 is 4.92 Å². The molecule has 94 valence electrons. The lowest BCUT2D eigenvalue weighted by atomic mass is 10.3. The average molecular weight is 303 g/mol. The van der Waals surface area contributed by atoms with Gasteiger partial charge in [0.05, 0.1) is 20.7 Å². The number of para-hydroxylation sites is 1. The number of hydrogen-bond donors (Lipinski definition) is 1. The Morgan fingerprint density at radius 1 is 1.33 bits per heavy atom. The maximum atomic E-state index is 10.6. The first-order valence-electron chi connectivity index (χ1n) is 4.97. The van der Waals surface area contributed by atoms with E-state index in [-0.39, 0.29) is 5.00 Å². The van der Waals surface area contributed by atoms with Gasteiger partial charge in [0, 0.05) is 18.0 Å². The van der Waals surface area contributed by atoms with Crippen molar-refractivity contribution in [3.05, 3.63) is 55.4 Å². The largest absolute Gasteiger partial charge is 0.379 e. The minimum atomic E-state index is -0.406. The van der Waals surface area contributed by atoms with E-state index in [1.165, 1.54) is 6.07 Å². The molecule has 0 spiro atoms. The SMILES string of the molecule is O=[N+]([O-])c1cc(CNc2c(Cl)cccc2Cl)cs1. The van der Waals surface area contributed by atoms with E-state index in [0.29, 0.717) is 22.3 Å². The standard InChI is InChI=1S/C11H8Cl2N2O2S/c12-8-2-1-3-9(13)11(8)14-5-7-4-10(15(16)17)18-6-7/h1-4,6,14H,5H2. The van der Waals surface area contributed by atoms with Gasteiger partial charge in [-0.3, -0.25) is 10.1 Å². The van der Waals surface area contributed by atoms with Crippen molar-refractivity contribution in [2.24, 2.45) is 0 Å². The van der Waals surface area contributed by atoms with Gasteiger partial charge in [0.1, 0.15) is 0 Å². The second kappa shape index (κ2) is 5.56. The van der Waals surface area contributed by atoms with Crippen molar-refractivity contribution in [3.63, 3.8) is 0 Å². The Morgan fingerprint density at radius 2 is 2.00 bits per heavy atom. The first-order valence-corrected chi connectivity index (χ1v) is 6.61. The van der Waals surface area contributed by atoms with Crippen molar-refractivity contribution in [1.29, 1.82) is 0 Å². The summed E-state index contributed by atoms with van der Waals surface area (Å²) in [6.07, 6.45) is 0. The van der Waals surface area contributed by atoms with Crippen LogP contribution >= 0.6 is 34.5 Å². The molecular weight excluding hydrogens is 295 g/mol. The molecule has 0 aliphatic rings. The predicted molar refractivity (Wildman–Crippen MR) is 74.8 cm³/mol. The number of thiophene rings is 1. The summed E-state index contributed by atoms with van der Waals surface area (Å²) in [7, 11) is 0. The molecule has 1 aromatic heterocycles. The van der Waals surface area contributed by atoms with Crippen LogP contribution in [0.1, 0.15) is 5.56 Å². The third kappa shape index (κ3) is 2.93. The Morgan fingerprint density at radius 3 is 2.56 bits per heavy atom. The molecule has 2 aromatic rings. The van der Waals surface area contributed by atoms with Crippen LogP contribution in [-0.4, -0.2) is 4.92 Å². The number of nitrogens with one attached hydrogen (secondary N) is 1. The van der Waals surface area contributed by atoms with Gasteiger partial charge >= 0.3 is 5.00 Å². The molecule has 1 aromatic carbocycles. The summed E-state index contributed by atoms with van der Waals surface area (Å²) < 4.78 is 0. The summed E-state index contributed by atoms with van der Waals surface area (Å²) >= 11 is 13.1. The van der Waals surface area contributed by atoms with E-state index in [4.69, 9.17) is 23.2 Å². The molecule has 0 atom stereocenters. The lowest BCUT2D eigenvalue weighted by molar-refractivity contribution is -0.380. The Bertz CT molecular complexity index is 566. The van der Waals surface area contributed by atoms with E-state index in [9.17, 15) is 10.1 Å². The molecule has 0 aliphatic heterocycles. The van der Waals surface area contributed by atoms with Gasteiger partial charge in [-0.25, -0.2) is 0 Å². The molecule has 0 bridgehead atoms. The first kappa shape index (κ1) is 13.1. The summed E-state index contributed by atoms with van der Waals surface area (Å²) in [6, 6.07) is 6.74. The average Bonchev–Trinajstić information content (AvgIpc) is 2.77. The first-order chi connectivity index (χ1) is 8.58. The van der Waals surface area contributed by atoms with Gasteiger partial charge < -0.3 is 5.32 Å². The van der Waals surface area contributed by atoms with Crippen LogP contribution in [0.2, 0.25) is 10.0 Å². The number of nitro groups is 1. The van der Waals surface area contributed by atoms with Gasteiger partial charge in [0.25, 0.3) is 0 Å². The second-order valence-corrected chi connectivity index (χ2v) is 5.20. The molecular formula is C11H8Cl2N2O2S. The molecule has 7 heteroatoms. The van der Waals surface area contributed by atoms with Gasteiger partial charge in [-0.1, -0.05) is 40.6 Å². The van der Waals surface area contributed by atoms with E-state index in [2.05, 4.69) is 5.32 Å². The highest BCUT2D eigenvalue weighted by molar-refractivity contribution is 7.13. The van der Waals surface area contributed by atoms with Gasteiger partial charge in [-0.2, -0.15) is 0 Å². The number of nitrogens with zero attached hydrogens (tertiary/aromatic N) is 1. The van der Waals surface area contributed by atoms with Gasteiger partial charge in [-0.05, 0) is 17.7 Å². The van der Waals surface area contributed by atoms with Crippen molar-refractivity contribution in [2.75, 3.05) is 5.32 Å². The lowest BCUT2D eigenvalue weighted by Gasteiger charge is -2.08. The van der Waals surface area contributed by atoms with Crippen molar-refractivity contribution in [3.8, 4) is 0 Å². The summed E-state index contributed by atoms with van der Waals surface area (Å²) in [5.41, 5.74) is 1.46. The van der Waals surface area contributed by atoms with E-state index in [1.54, 1.807) is 23.6 Å². The molecule has 2 rings (SSSR count). The smallest absolute Gasteiger partial charge is 0.324 e. The Hall–Kier alpha value is -1.30. The third-order valence-corrected chi connectivity index (χ3v) is 3.81. The Labute approximate surface area is 117 Å². The van der Waals surface area contributed by atoms with Crippen molar-refractivity contribution in [1.82, 2.24) is 0 Å². The summed E-state index contributed by atoms with van der Waals surface area (Å²) in [5, 5.41) is 16.5. The quantitative estimate of drug-likeness (QED) is 0.664. The third-order valence-electron chi connectivity index (χ3n) is 2.25. The predicted octanol–water partition coefficient (Wildman–Crippen LogP) is 4.58. The van der Waals surface area contributed by atoms with E-state index in [1.807, 2.05) is 0 Å². The summed E-state index contributed by atoms with van der Waals surface area (Å²) in [6.45, 7) is 0.438. The molecule has 0 amide bonds. The van der Waals surface area contributed by atoms with E-state index >= 15 is 0 Å². The number of halogens is 2. The minimum absolute atomic E-state index is 0.122. The zero-order valence-corrected chi connectivity index (χ0v) is 11.4. The Kier molecular flexibility index (Phi) is 4.06. The van der Waals surface area contributed by atoms with Crippen LogP contribution in [0.15, 0.2) is 29.6 Å². The molecule has 4 nitrogen and oxygen atoms in total. The summed E-state index contributed by atoms with van der Waals surface area (Å²) in [4.78, 5) is 10.1. The van der Waals surface area contributed by atoms with E-state index in [0.717, 1.165) is 16.9 Å². The van der Waals surface area contributed by atoms with Crippen molar-refractivity contribution in [2.45, 2.75) is 6.54 Å². The molecule has 18 heavy (non-hydrogen) atoms. The molecule has 0 saturated carbocycles. The topological polar surface area (TPSA) is 55.2 Å². The molecule has 0 unspecified atom stereocenters. The normalized spacial score (nSPS) is 10.3.